The molecule has 0 radical (unpaired) electrons. The molecule has 5 nitrogen and oxygen atoms in total. The molecule has 2 aromatic rings. The summed E-state index contributed by atoms with van der Waals surface area (Å²) in [6, 6.07) is 10.5. The minimum Gasteiger partial charge on any atom is -0.339 e. The van der Waals surface area contributed by atoms with Gasteiger partial charge in [0, 0.05) is 26.1 Å². The van der Waals surface area contributed by atoms with E-state index in [9.17, 15) is 0 Å². The molecule has 1 aromatic heterocycles. The second-order valence-corrected chi connectivity index (χ2v) is 5.78. The van der Waals surface area contributed by atoms with Crippen LogP contribution in [0.25, 0.3) is 0 Å². The first-order valence-electron chi connectivity index (χ1n) is 7.58. The van der Waals surface area contributed by atoms with Gasteiger partial charge in [-0.15, -0.1) is 0 Å². The standard InChI is InChI=1S/C16H22N4O/c1-2-14-18-15(19-21-14)16(17)8-10-20(11-9-16)12-13-6-4-3-5-7-13/h3-7H,2,8-12,17H2,1H3. The zero-order chi connectivity index (χ0) is 14.7. The molecule has 2 N–H and O–H groups in total. The summed E-state index contributed by atoms with van der Waals surface area (Å²) in [6.07, 6.45) is 2.48. The number of aryl methyl sites for hydroxylation is 1. The van der Waals surface area contributed by atoms with Crippen molar-refractivity contribution in [2.24, 2.45) is 5.73 Å². The van der Waals surface area contributed by atoms with Gasteiger partial charge in [0.1, 0.15) is 0 Å². The zero-order valence-electron chi connectivity index (χ0n) is 12.5. The number of benzene rings is 1. The average molecular weight is 286 g/mol. The molecule has 3 rings (SSSR count). The van der Waals surface area contributed by atoms with E-state index < -0.39 is 5.54 Å². The maximum absolute atomic E-state index is 6.49. The number of nitrogens with two attached hydrogens (primary N) is 1. The number of hydrogen-bond donors (Lipinski definition) is 1. The summed E-state index contributed by atoms with van der Waals surface area (Å²) in [5.74, 6) is 1.33. The zero-order valence-corrected chi connectivity index (χ0v) is 12.5. The molecule has 0 amide bonds. The van der Waals surface area contributed by atoms with E-state index in [1.54, 1.807) is 0 Å². The Morgan fingerprint density at radius 2 is 1.95 bits per heavy atom. The molecule has 0 unspecified atom stereocenters. The lowest BCUT2D eigenvalue weighted by Gasteiger charge is -2.37. The summed E-state index contributed by atoms with van der Waals surface area (Å²) >= 11 is 0. The average Bonchev–Trinajstić information content (AvgIpc) is 3.01. The Bertz CT molecular complexity index is 573. The summed E-state index contributed by atoms with van der Waals surface area (Å²) in [6.45, 7) is 4.90. The molecular weight excluding hydrogens is 264 g/mol. The first kappa shape index (κ1) is 14.2. The van der Waals surface area contributed by atoms with Gasteiger partial charge in [0.2, 0.25) is 5.89 Å². The van der Waals surface area contributed by atoms with Crippen LogP contribution in [0.3, 0.4) is 0 Å². The van der Waals surface area contributed by atoms with E-state index in [4.69, 9.17) is 10.3 Å². The molecule has 1 saturated heterocycles. The van der Waals surface area contributed by atoms with Gasteiger partial charge in [0.05, 0.1) is 5.54 Å². The molecule has 1 aromatic carbocycles. The van der Waals surface area contributed by atoms with E-state index >= 15 is 0 Å². The fraction of sp³-hybridized carbons (Fsp3) is 0.500. The minimum atomic E-state index is -0.440. The summed E-state index contributed by atoms with van der Waals surface area (Å²) < 4.78 is 5.20. The molecule has 1 aliphatic rings. The summed E-state index contributed by atoms with van der Waals surface area (Å²) in [7, 11) is 0. The lowest BCUT2D eigenvalue weighted by atomic mass is 9.87. The van der Waals surface area contributed by atoms with Crippen LogP contribution in [0.1, 0.15) is 37.0 Å². The molecular formula is C16H22N4O. The van der Waals surface area contributed by atoms with Crippen LogP contribution in [-0.2, 0) is 18.5 Å². The van der Waals surface area contributed by atoms with Crippen molar-refractivity contribution in [1.29, 1.82) is 0 Å². The van der Waals surface area contributed by atoms with Gasteiger partial charge < -0.3 is 10.3 Å². The SMILES string of the molecule is CCc1nc(C2(N)CCN(Cc3ccccc3)CC2)no1. The lowest BCUT2D eigenvalue weighted by molar-refractivity contribution is 0.148. The van der Waals surface area contributed by atoms with Gasteiger partial charge in [-0.2, -0.15) is 4.98 Å². The Morgan fingerprint density at radius 3 is 2.57 bits per heavy atom. The highest BCUT2D eigenvalue weighted by Crippen LogP contribution is 2.29. The van der Waals surface area contributed by atoms with Crippen LogP contribution in [0.15, 0.2) is 34.9 Å². The van der Waals surface area contributed by atoms with Crippen molar-refractivity contribution in [3.8, 4) is 0 Å². The van der Waals surface area contributed by atoms with Crippen molar-refractivity contribution < 1.29 is 4.52 Å². The van der Waals surface area contributed by atoms with Gasteiger partial charge in [-0.1, -0.05) is 42.4 Å². The fourth-order valence-corrected chi connectivity index (χ4v) is 2.78. The Labute approximate surface area is 125 Å². The van der Waals surface area contributed by atoms with Crippen LogP contribution in [-0.4, -0.2) is 28.1 Å². The first-order valence-corrected chi connectivity index (χ1v) is 7.58. The summed E-state index contributed by atoms with van der Waals surface area (Å²) in [5.41, 5.74) is 7.39. The predicted octanol–water partition coefficient (Wildman–Crippen LogP) is 2.08. The second kappa shape index (κ2) is 5.95. The van der Waals surface area contributed by atoms with Crippen LogP contribution >= 0.6 is 0 Å². The van der Waals surface area contributed by atoms with Crippen LogP contribution in [0.5, 0.6) is 0 Å². The molecule has 1 aliphatic heterocycles. The van der Waals surface area contributed by atoms with Gasteiger partial charge in [-0.25, -0.2) is 0 Å². The van der Waals surface area contributed by atoms with Gasteiger partial charge in [-0.3, -0.25) is 4.90 Å². The monoisotopic (exact) mass is 286 g/mol. The molecule has 1 fully saturated rings. The summed E-state index contributed by atoms with van der Waals surface area (Å²) in [5, 5.41) is 4.06. The molecule has 0 atom stereocenters. The predicted molar refractivity (Wildman–Crippen MR) is 80.5 cm³/mol. The number of hydrogen-bond acceptors (Lipinski definition) is 5. The molecule has 5 heteroatoms. The van der Waals surface area contributed by atoms with Crippen LogP contribution < -0.4 is 5.73 Å². The van der Waals surface area contributed by atoms with Gasteiger partial charge in [0.25, 0.3) is 0 Å². The third-order valence-corrected chi connectivity index (χ3v) is 4.21. The second-order valence-electron chi connectivity index (χ2n) is 5.78. The third-order valence-electron chi connectivity index (χ3n) is 4.21. The number of rotatable bonds is 4. The highest BCUT2D eigenvalue weighted by molar-refractivity contribution is 5.15. The molecule has 0 bridgehead atoms. The van der Waals surface area contributed by atoms with Crippen molar-refractivity contribution in [2.75, 3.05) is 13.1 Å². The number of aromatic nitrogens is 2. The van der Waals surface area contributed by atoms with Crippen molar-refractivity contribution in [2.45, 2.75) is 38.3 Å². The first-order chi connectivity index (χ1) is 10.2. The minimum absolute atomic E-state index is 0.440. The normalized spacial score (nSPS) is 18.8. The van der Waals surface area contributed by atoms with Crippen LogP contribution in [0, 0.1) is 0 Å². The largest absolute Gasteiger partial charge is 0.339 e. The molecule has 21 heavy (non-hydrogen) atoms. The topological polar surface area (TPSA) is 68.2 Å². The Kier molecular flexibility index (Phi) is 4.03. The van der Waals surface area contributed by atoms with E-state index in [1.165, 1.54) is 5.56 Å². The molecule has 0 aliphatic carbocycles. The maximum atomic E-state index is 6.49. The smallest absolute Gasteiger partial charge is 0.226 e. The third kappa shape index (κ3) is 3.14. The fourth-order valence-electron chi connectivity index (χ4n) is 2.78. The van der Waals surface area contributed by atoms with Crippen LogP contribution in [0.2, 0.25) is 0 Å². The van der Waals surface area contributed by atoms with Crippen molar-refractivity contribution in [3.63, 3.8) is 0 Å². The molecule has 2 heterocycles. The molecule has 0 saturated carbocycles. The maximum Gasteiger partial charge on any atom is 0.226 e. The number of likely N-dealkylation sites (tertiary alicyclic amines) is 1. The summed E-state index contributed by atoms with van der Waals surface area (Å²) in [4.78, 5) is 6.84. The van der Waals surface area contributed by atoms with Crippen molar-refractivity contribution in [3.05, 3.63) is 47.6 Å². The van der Waals surface area contributed by atoms with Gasteiger partial charge >= 0.3 is 0 Å². The van der Waals surface area contributed by atoms with E-state index in [-0.39, 0.29) is 0 Å². The van der Waals surface area contributed by atoms with Gasteiger partial charge in [-0.05, 0) is 18.4 Å². The highest BCUT2D eigenvalue weighted by atomic mass is 16.5. The van der Waals surface area contributed by atoms with E-state index in [0.717, 1.165) is 38.9 Å². The number of nitrogens with zero attached hydrogens (tertiary/aromatic N) is 3. The molecule has 0 spiro atoms. The van der Waals surface area contributed by atoms with Crippen LogP contribution in [0.4, 0.5) is 0 Å². The van der Waals surface area contributed by atoms with E-state index in [0.29, 0.717) is 11.7 Å². The Morgan fingerprint density at radius 1 is 1.24 bits per heavy atom. The number of piperidine rings is 1. The van der Waals surface area contributed by atoms with Crippen molar-refractivity contribution in [1.82, 2.24) is 15.0 Å². The molecule has 112 valence electrons. The Hall–Kier alpha value is -1.72. The van der Waals surface area contributed by atoms with E-state index in [1.807, 2.05) is 13.0 Å². The van der Waals surface area contributed by atoms with E-state index in [2.05, 4.69) is 39.3 Å². The van der Waals surface area contributed by atoms with Gasteiger partial charge in [0.15, 0.2) is 5.82 Å². The lowest BCUT2D eigenvalue weighted by Crippen LogP contribution is -2.48. The van der Waals surface area contributed by atoms with Crippen molar-refractivity contribution >= 4 is 0 Å². The highest BCUT2D eigenvalue weighted by Gasteiger charge is 2.36. The quantitative estimate of drug-likeness (QED) is 0.932. The Balaban J connectivity index is 1.61.